The smallest absolute Gasteiger partial charge is 0.294 e. The predicted molar refractivity (Wildman–Crippen MR) is 105 cm³/mol. The molecule has 1 N–H and O–H groups in total. The van der Waals surface area contributed by atoms with Gasteiger partial charge in [-0.15, -0.1) is 0 Å². The number of benzene rings is 1. The number of ether oxygens (including phenoxy) is 1. The highest BCUT2D eigenvalue weighted by Gasteiger charge is 2.15. The number of imidazole rings is 1. The van der Waals surface area contributed by atoms with Gasteiger partial charge in [0.1, 0.15) is 16.9 Å². The summed E-state index contributed by atoms with van der Waals surface area (Å²) in [5.41, 5.74) is 3.37. The van der Waals surface area contributed by atoms with Crippen molar-refractivity contribution in [1.29, 1.82) is 0 Å². The Morgan fingerprint density at radius 3 is 2.89 bits per heavy atom. The Bertz CT molecular complexity index is 1180. The van der Waals surface area contributed by atoms with Crippen LogP contribution in [0.3, 0.4) is 0 Å². The SMILES string of the molecule is COCCn1c(SCc2nc3c(oc4ccccc43)c(=O)[nH]2)nc(C)c1C. The van der Waals surface area contributed by atoms with Crippen molar-refractivity contribution >= 4 is 33.8 Å². The van der Waals surface area contributed by atoms with E-state index < -0.39 is 0 Å². The van der Waals surface area contributed by atoms with E-state index in [1.807, 2.05) is 38.1 Å². The number of H-pyrrole nitrogens is 1. The molecule has 0 saturated carbocycles. The summed E-state index contributed by atoms with van der Waals surface area (Å²) < 4.78 is 13.0. The molecule has 3 heterocycles. The number of nitrogens with zero attached hydrogens (tertiary/aromatic N) is 3. The Morgan fingerprint density at radius 1 is 1.26 bits per heavy atom. The fraction of sp³-hybridized carbons (Fsp3) is 0.316. The molecule has 0 atom stereocenters. The van der Waals surface area contributed by atoms with Crippen molar-refractivity contribution in [1.82, 2.24) is 19.5 Å². The number of methoxy groups -OCH3 is 1. The molecule has 140 valence electrons. The molecule has 3 aromatic heterocycles. The maximum atomic E-state index is 12.4. The first-order chi connectivity index (χ1) is 13.1. The molecule has 0 aliphatic carbocycles. The lowest BCUT2D eigenvalue weighted by Crippen LogP contribution is -2.11. The summed E-state index contributed by atoms with van der Waals surface area (Å²) in [5.74, 6) is 1.11. The molecule has 0 amide bonds. The van der Waals surface area contributed by atoms with Crippen LogP contribution < -0.4 is 5.56 Å². The van der Waals surface area contributed by atoms with Crippen LogP contribution in [0.5, 0.6) is 0 Å². The van der Waals surface area contributed by atoms with Crippen molar-refractivity contribution < 1.29 is 9.15 Å². The largest absolute Gasteiger partial charge is 0.449 e. The van der Waals surface area contributed by atoms with Gasteiger partial charge in [0.2, 0.25) is 5.58 Å². The lowest BCUT2D eigenvalue weighted by molar-refractivity contribution is 0.184. The van der Waals surface area contributed by atoms with Gasteiger partial charge < -0.3 is 18.7 Å². The highest BCUT2D eigenvalue weighted by molar-refractivity contribution is 7.98. The summed E-state index contributed by atoms with van der Waals surface area (Å²) >= 11 is 1.54. The van der Waals surface area contributed by atoms with E-state index in [-0.39, 0.29) is 11.1 Å². The van der Waals surface area contributed by atoms with Crippen LogP contribution in [0.25, 0.3) is 22.1 Å². The number of thioether (sulfide) groups is 1. The third-order valence-corrected chi connectivity index (χ3v) is 5.55. The molecule has 4 aromatic rings. The molecule has 0 aliphatic heterocycles. The van der Waals surface area contributed by atoms with Crippen molar-refractivity contribution in [2.75, 3.05) is 13.7 Å². The van der Waals surface area contributed by atoms with Gasteiger partial charge in [-0.2, -0.15) is 0 Å². The zero-order valence-electron chi connectivity index (χ0n) is 15.4. The van der Waals surface area contributed by atoms with Crippen molar-refractivity contribution in [2.45, 2.75) is 31.3 Å². The normalized spacial score (nSPS) is 11.7. The van der Waals surface area contributed by atoms with Crippen LogP contribution in [0.1, 0.15) is 17.2 Å². The Hall–Kier alpha value is -2.58. The van der Waals surface area contributed by atoms with E-state index in [1.165, 1.54) is 0 Å². The van der Waals surface area contributed by atoms with Gasteiger partial charge >= 0.3 is 0 Å². The number of aromatic nitrogens is 4. The Morgan fingerprint density at radius 2 is 2.07 bits per heavy atom. The molecule has 27 heavy (non-hydrogen) atoms. The standard InChI is InChI=1S/C19H20N4O3S/c1-11-12(2)23(8-9-25-3)19(20-11)27-10-15-21-16-13-6-4-5-7-14(13)26-17(16)18(24)22-15/h4-7H,8-10H2,1-3H3,(H,21,22,24). The average molecular weight is 384 g/mol. The van der Waals surface area contributed by atoms with E-state index in [0.717, 1.165) is 28.5 Å². The molecule has 0 unspecified atom stereocenters. The maximum Gasteiger partial charge on any atom is 0.294 e. The minimum Gasteiger partial charge on any atom is -0.449 e. The molecule has 0 bridgehead atoms. The monoisotopic (exact) mass is 384 g/mol. The van der Waals surface area contributed by atoms with Crippen LogP contribution in [-0.4, -0.2) is 33.2 Å². The van der Waals surface area contributed by atoms with Gasteiger partial charge in [-0.3, -0.25) is 4.79 Å². The highest BCUT2D eigenvalue weighted by atomic mass is 32.2. The van der Waals surface area contributed by atoms with Gasteiger partial charge in [0, 0.05) is 24.7 Å². The summed E-state index contributed by atoms with van der Waals surface area (Å²) in [6.45, 7) is 5.39. The third kappa shape index (κ3) is 3.26. The van der Waals surface area contributed by atoms with E-state index in [9.17, 15) is 4.79 Å². The fourth-order valence-electron chi connectivity index (χ4n) is 3.03. The summed E-state index contributed by atoms with van der Waals surface area (Å²) in [5, 5.41) is 1.74. The number of hydrogen-bond donors (Lipinski definition) is 1. The van der Waals surface area contributed by atoms with E-state index in [4.69, 9.17) is 9.15 Å². The van der Waals surface area contributed by atoms with Gasteiger partial charge in [0.15, 0.2) is 5.16 Å². The van der Waals surface area contributed by atoms with Gasteiger partial charge in [-0.05, 0) is 26.0 Å². The first-order valence-electron chi connectivity index (χ1n) is 8.64. The summed E-state index contributed by atoms with van der Waals surface area (Å²) in [6.07, 6.45) is 0. The van der Waals surface area contributed by atoms with E-state index in [2.05, 4.69) is 19.5 Å². The number of furan rings is 1. The lowest BCUT2D eigenvalue weighted by atomic mass is 10.2. The molecule has 8 heteroatoms. The van der Waals surface area contributed by atoms with Crippen LogP contribution in [0, 0.1) is 13.8 Å². The number of rotatable bonds is 6. The topological polar surface area (TPSA) is 85.9 Å². The van der Waals surface area contributed by atoms with E-state index in [0.29, 0.717) is 29.3 Å². The van der Waals surface area contributed by atoms with Crippen LogP contribution in [-0.2, 0) is 17.0 Å². The molecule has 0 aliphatic rings. The molecule has 0 saturated heterocycles. The summed E-state index contributed by atoms with van der Waals surface area (Å²) in [7, 11) is 1.69. The second-order valence-electron chi connectivity index (χ2n) is 6.29. The zero-order valence-corrected chi connectivity index (χ0v) is 16.2. The quantitative estimate of drug-likeness (QED) is 0.513. The first-order valence-corrected chi connectivity index (χ1v) is 9.63. The van der Waals surface area contributed by atoms with Crippen LogP contribution in [0.4, 0.5) is 0 Å². The molecule has 0 radical (unpaired) electrons. The molecule has 7 nitrogen and oxygen atoms in total. The molecular weight excluding hydrogens is 364 g/mol. The molecule has 1 aromatic carbocycles. The predicted octanol–water partition coefficient (Wildman–Crippen LogP) is 3.42. The number of nitrogens with one attached hydrogen (secondary N) is 1. The van der Waals surface area contributed by atoms with Crippen molar-refractivity contribution in [3.8, 4) is 0 Å². The average Bonchev–Trinajstić information content (AvgIpc) is 3.17. The van der Waals surface area contributed by atoms with Crippen molar-refractivity contribution in [3.63, 3.8) is 0 Å². The zero-order chi connectivity index (χ0) is 19.0. The Labute approximate surface area is 159 Å². The molecular formula is C19H20N4O3S. The summed E-state index contributed by atoms with van der Waals surface area (Å²) in [6, 6.07) is 7.53. The van der Waals surface area contributed by atoms with Crippen molar-refractivity contribution in [2.24, 2.45) is 0 Å². The van der Waals surface area contributed by atoms with Gasteiger partial charge in [-0.25, -0.2) is 9.97 Å². The number of aryl methyl sites for hydroxylation is 1. The fourth-order valence-corrected chi connectivity index (χ4v) is 4.02. The van der Waals surface area contributed by atoms with Gasteiger partial charge in [0.05, 0.1) is 18.1 Å². The number of para-hydroxylation sites is 1. The summed E-state index contributed by atoms with van der Waals surface area (Å²) in [4.78, 5) is 24.5. The van der Waals surface area contributed by atoms with E-state index in [1.54, 1.807) is 18.9 Å². The highest BCUT2D eigenvalue weighted by Crippen LogP contribution is 2.27. The molecule has 0 spiro atoms. The number of fused-ring (bicyclic) bond motifs is 3. The number of aromatic amines is 1. The number of hydrogen-bond acceptors (Lipinski definition) is 6. The van der Waals surface area contributed by atoms with Gasteiger partial charge in [-0.1, -0.05) is 23.9 Å². The molecule has 4 rings (SSSR count). The minimum atomic E-state index is -0.262. The van der Waals surface area contributed by atoms with Crippen LogP contribution in [0.2, 0.25) is 0 Å². The van der Waals surface area contributed by atoms with Crippen LogP contribution >= 0.6 is 11.8 Å². The van der Waals surface area contributed by atoms with Crippen molar-refractivity contribution in [3.05, 3.63) is 51.8 Å². The third-order valence-electron chi connectivity index (χ3n) is 4.56. The maximum absolute atomic E-state index is 12.4. The van der Waals surface area contributed by atoms with Gasteiger partial charge in [0.25, 0.3) is 5.56 Å². The van der Waals surface area contributed by atoms with E-state index >= 15 is 0 Å². The van der Waals surface area contributed by atoms with Crippen LogP contribution in [0.15, 0.2) is 38.6 Å². The Kier molecular flexibility index (Phi) is 4.75. The second kappa shape index (κ2) is 7.21. The Balaban J connectivity index is 1.66. The lowest BCUT2D eigenvalue weighted by Gasteiger charge is -2.09. The first kappa shape index (κ1) is 17.8. The second-order valence-corrected chi connectivity index (χ2v) is 7.23. The molecule has 0 fully saturated rings. The minimum absolute atomic E-state index is 0.262.